The molecule has 0 fully saturated rings. The van der Waals surface area contributed by atoms with Gasteiger partial charge in [-0.15, -0.1) is 0 Å². The van der Waals surface area contributed by atoms with Crippen molar-refractivity contribution >= 4 is 21.6 Å². The van der Waals surface area contributed by atoms with Gasteiger partial charge in [0.25, 0.3) is 15.9 Å². The minimum Gasteiger partial charge on any atom is -0.365 e. The third-order valence-corrected chi connectivity index (χ3v) is 4.16. The number of sulfonamides is 1. The lowest BCUT2D eigenvalue weighted by Gasteiger charge is -2.11. The van der Waals surface area contributed by atoms with Gasteiger partial charge in [-0.05, 0) is 24.3 Å². The lowest BCUT2D eigenvalue weighted by Crippen LogP contribution is -2.20. The molecule has 1 amide bonds. The number of nitrogens with one attached hydrogen (secondary N) is 1. The molecule has 0 unspecified atom stereocenters. The predicted octanol–water partition coefficient (Wildman–Crippen LogP) is 2.14. The summed E-state index contributed by atoms with van der Waals surface area (Å²) in [6.07, 6.45) is 0. The number of rotatable bonds is 4. The summed E-state index contributed by atoms with van der Waals surface area (Å²) in [6.45, 7) is 0. The van der Waals surface area contributed by atoms with Crippen molar-refractivity contribution in [1.29, 1.82) is 0 Å². The topological polar surface area (TPSA) is 89.3 Å². The summed E-state index contributed by atoms with van der Waals surface area (Å²) in [5, 5.41) is 0. The van der Waals surface area contributed by atoms with E-state index in [0.29, 0.717) is 30.3 Å². The van der Waals surface area contributed by atoms with Gasteiger partial charge >= 0.3 is 0 Å². The van der Waals surface area contributed by atoms with Crippen LogP contribution in [0.2, 0.25) is 0 Å². The van der Waals surface area contributed by atoms with Gasteiger partial charge in [0.1, 0.15) is 27.9 Å². The molecule has 0 bridgehead atoms. The third kappa shape index (κ3) is 3.26. The molecule has 0 atom stereocenters. The van der Waals surface area contributed by atoms with Crippen LogP contribution in [0.5, 0.6) is 0 Å². The van der Waals surface area contributed by atoms with Crippen molar-refractivity contribution in [3.05, 3.63) is 59.2 Å². The first kappa shape index (κ1) is 16.7. The van der Waals surface area contributed by atoms with E-state index in [1.165, 1.54) is 0 Å². The number of hydrogen-bond donors (Lipinski definition) is 2. The Morgan fingerprint density at radius 2 is 1.65 bits per heavy atom. The Labute approximate surface area is 127 Å². The molecule has 3 N–H and O–H groups in total. The molecule has 2 aromatic carbocycles. The first-order valence-corrected chi connectivity index (χ1v) is 7.37. The monoisotopic (exact) mass is 348 g/mol. The SMILES string of the molecule is NC(=O)c1c(F)ccc(NS(=O)(=O)c2ccc(F)cc2F)c1F. The van der Waals surface area contributed by atoms with Gasteiger partial charge in [0.2, 0.25) is 0 Å². The van der Waals surface area contributed by atoms with E-state index in [1.54, 1.807) is 4.72 Å². The molecule has 10 heteroatoms. The summed E-state index contributed by atoms with van der Waals surface area (Å²) >= 11 is 0. The lowest BCUT2D eigenvalue weighted by molar-refractivity contribution is 0.0992. The first-order chi connectivity index (χ1) is 10.6. The van der Waals surface area contributed by atoms with Crippen molar-refractivity contribution in [2.45, 2.75) is 4.90 Å². The van der Waals surface area contributed by atoms with Crippen LogP contribution in [-0.4, -0.2) is 14.3 Å². The zero-order chi connectivity index (χ0) is 17.4. The van der Waals surface area contributed by atoms with Crippen molar-refractivity contribution < 1.29 is 30.8 Å². The van der Waals surface area contributed by atoms with Crippen LogP contribution < -0.4 is 10.5 Å². The van der Waals surface area contributed by atoms with Gasteiger partial charge in [0.15, 0.2) is 5.82 Å². The molecule has 0 spiro atoms. The molecular formula is C13H8F4N2O3S. The second-order valence-electron chi connectivity index (χ2n) is 4.33. The normalized spacial score (nSPS) is 11.3. The fraction of sp³-hybridized carbons (Fsp3) is 0. The van der Waals surface area contributed by atoms with Crippen LogP contribution in [0, 0.1) is 23.3 Å². The van der Waals surface area contributed by atoms with Crippen molar-refractivity contribution in [3.8, 4) is 0 Å². The molecule has 0 aliphatic carbocycles. The van der Waals surface area contributed by atoms with Gasteiger partial charge in [-0.25, -0.2) is 26.0 Å². The van der Waals surface area contributed by atoms with Crippen molar-refractivity contribution in [3.63, 3.8) is 0 Å². The van der Waals surface area contributed by atoms with Gasteiger partial charge in [0, 0.05) is 6.07 Å². The smallest absolute Gasteiger partial charge is 0.264 e. The molecule has 0 aliphatic rings. The van der Waals surface area contributed by atoms with E-state index < -0.39 is 55.3 Å². The largest absolute Gasteiger partial charge is 0.365 e. The highest BCUT2D eigenvalue weighted by Crippen LogP contribution is 2.25. The minimum absolute atomic E-state index is 0.324. The van der Waals surface area contributed by atoms with E-state index >= 15 is 0 Å². The van der Waals surface area contributed by atoms with Gasteiger partial charge in [-0.2, -0.15) is 0 Å². The third-order valence-electron chi connectivity index (χ3n) is 2.77. The number of nitrogens with two attached hydrogens (primary N) is 1. The Balaban J connectivity index is 2.50. The Morgan fingerprint density at radius 1 is 1.00 bits per heavy atom. The van der Waals surface area contributed by atoms with Crippen LogP contribution in [0.4, 0.5) is 23.2 Å². The van der Waals surface area contributed by atoms with Crippen molar-refractivity contribution in [1.82, 2.24) is 0 Å². The van der Waals surface area contributed by atoms with Gasteiger partial charge < -0.3 is 5.73 Å². The molecule has 122 valence electrons. The number of hydrogen-bond acceptors (Lipinski definition) is 3. The average molecular weight is 348 g/mol. The summed E-state index contributed by atoms with van der Waals surface area (Å²) in [4.78, 5) is 10.0. The number of benzene rings is 2. The molecule has 0 radical (unpaired) electrons. The number of carbonyl (C=O) groups is 1. The molecule has 2 rings (SSSR count). The standard InChI is InChI=1S/C13H8F4N2O3S/c14-6-1-4-10(8(16)5-6)23(21,22)19-9-3-2-7(15)11(12(9)17)13(18)20/h1-5,19H,(H2,18,20). The maximum absolute atomic E-state index is 14.0. The molecule has 0 heterocycles. The molecular weight excluding hydrogens is 340 g/mol. The molecule has 0 saturated heterocycles. The van der Waals surface area contributed by atoms with E-state index in [-0.39, 0.29) is 0 Å². The van der Waals surface area contributed by atoms with Crippen LogP contribution in [0.1, 0.15) is 10.4 Å². The summed E-state index contributed by atoms with van der Waals surface area (Å²) in [5.74, 6) is -6.70. The molecule has 0 aromatic heterocycles. The van der Waals surface area contributed by atoms with Gasteiger partial charge in [-0.3, -0.25) is 9.52 Å². The minimum atomic E-state index is -4.64. The Morgan fingerprint density at radius 3 is 2.22 bits per heavy atom. The van der Waals surface area contributed by atoms with Crippen LogP contribution in [0.15, 0.2) is 35.2 Å². The number of primary amides is 1. The summed E-state index contributed by atoms with van der Waals surface area (Å²) in [5.41, 5.74) is 2.84. The van der Waals surface area contributed by atoms with Crippen molar-refractivity contribution in [2.24, 2.45) is 5.73 Å². The van der Waals surface area contributed by atoms with E-state index in [4.69, 9.17) is 5.73 Å². The molecule has 2 aromatic rings. The summed E-state index contributed by atoms with van der Waals surface area (Å²) < 4.78 is 79.3. The zero-order valence-electron chi connectivity index (χ0n) is 11.1. The maximum Gasteiger partial charge on any atom is 0.264 e. The van der Waals surface area contributed by atoms with E-state index in [0.717, 1.165) is 0 Å². The average Bonchev–Trinajstić information content (AvgIpc) is 2.41. The fourth-order valence-corrected chi connectivity index (χ4v) is 2.87. The lowest BCUT2D eigenvalue weighted by atomic mass is 10.1. The first-order valence-electron chi connectivity index (χ1n) is 5.89. The molecule has 0 saturated carbocycles. The highest BCUT2D eigenvalue weighted by atomic mass is 32.2. The highest BCUT2D eigenvalue weighted by molar-refractivity contribution is 7.92. The van der Waals surface area contributed by atoms with E-state index in [1.807, 2.05) is 0 Å². The number of carbonyl (C=O) groups excluding carboxylic acids is 1. The van der Waals surface area contributed by atoms with E-state index in [2.05, 4.69) is 0 Å². The van der Waals surface area contributed by atoms with Crippen LogP contribution in [0.3, 0.4) is 0 Å². The van der Waals surface area contributed by atoms with Crippen molar-refractivity contribution in [2.75, 3.05) is 4.72 Å². The Kier molecular flexibility index (Phi) is 4.28. The van der Waals surface area contributed by atoms with Crippen LogP contribution in [-0.2, 0) is 10.0 Å². The zero-order valence-corrected chi connectivity index (χ0v) is 11.9. The summed E-state index contributed by atoms with van der Waals surface area (Å²) in [7, 11) is -4.64. The van der Waals surface area contributed by atoms with Crippen LogP contribution >= 0.6 is 0 Å². The number of halogens is 4. The number of anilines is 1. The second kappa shape index (κ2) is 5.88. The number of amides is 1. The Bertz CT molecular complexity index is 900. The maximum atomic E-state index is 14.0. The fourth-order valence-electron chi connectivity index (χ4n) is 1.75. The summed E-state index contributed by atoms with van der Waals surface area (Å²) in [6, 6.07) is 2.94. The molecule has 23 heavy (non-hydrogen) atoms. The van der Waals surface area contributed by atoms with Gasteiger partial charge in [0.05, 0.1) is 5.69 Å². The highest BCUT2D eigenvalue weighted by Gasteiger charge is 2.24. The van der Waals surface area contributed by atoms with Crippen LogP contribution in [0.25, 0.3) is 0 Å². The molecule has 5 nitrogen and oxygen atoms in total. The Hall–Kier alpha value is -2.62. The molecule has 0 aliphatic heterocycles. The second-order valence-corrected chi connectivity index (χ2v) is 5.98. The van der Waals surface area contributed by atoms with Gasteiger partial charge in [-0.1, -0.05) is 0 Å². The van der Waals surface area contributed by atoms with E-state index in [9.17, 15) is 30.8 Å². The quantitative estimate of drug-likeness (QED) is 0.830. The predicted molar refractivity (Wildman–Crippen MR) is 72.0 cm³/mol.